The number of amides is 1. The van der Waals surface area contributed by atoms with E-state index in [9.17, 15) is 4.79 Å². The molecule has 0 atom stereocenters. The van der Waals surface area contributed by atoms with Crippen molar-refractivity contribution in [2.45, 2.75) is 38.6 Å². The van der Waals surface area contributed by atoms with E-state index < -0.39 is 0 Å². The number of halogens is 2. The Kier molecular flexibility index (Phi) is 5.97. The first-order chi connectivity index (χ1) is 8.55. The molecule has 0 aliphatic heterocycles. The SMILES string of the molecule is CCC(CC)(CCl)NC(=O)Cc1cccc(Cl)c1. The number of rotatable bonds is 6. The van der Waals surface area contributed by atoms with E-state index in [4.69, 9.17) is 23.2 Å². The van der Waals surface area contributed by atoms with Gasteiger partial charge in [0.1, 0.15) is 0 Å². The molecule has 0 radical (unpaired) electrons. The molecule has 0 aliphatic rings. The number of hydrogen-bond donors (Lipinski definition) is 1. The van der Waals surface area contributed by atoms with Gasteiger partial charge in [0, 0.05) is 10.9 Å². The van der Waals surface area contributed by atoms with Crippen LogP contribution in [-0.4, -0.2) is 17.3 Å². The Bertz CT molecular complexity index is 394. The zero-order valence-corrected chi connectivity index (χ0v) is 12.3. The highest BCUT2D eigenvalue weighted by Gasteiger charge is 2.26. The Morgan fingerprint density at radius 2 is 2.00 bits per heavy atom. The van der Waals surface area contributed by atoms with E-state index in [1.165, 1.54) is 0 Å². The molecule has 18 heavy (non-hydrogen) atoms. The van der Waals surface area contributed by atoms with Crippen molar-refractivity contribution in [3.63, 3.8) is 0 Å². The number of nitrogens with one attached hydrogen (secondary N) is 1. The number of alkyl halides is 1. The minimum Gasteiger partial charge on any atom is -0.349 e. The monoisotopic (exact) mass is 287 g/mol. The number of hydrogen-bond acceptors (Lipinski definition) is 1. The molecule has 0 heterocycles. The quantitative estimate of drug-likeness (QED) is 0.793. The lowest BCUT2D eigenvalue weighted by atomic mass is 9.95. The lowest BCUT2D eigenvalue weighted by Gasteiger charge is -2.30. The predicted octanol–water partition coefficient (Wildman–Crippen LogP) is 3.80. The van der Waals surface area contributed by atoms with Gasteiger partial charge in [-0.1, -0.05) is 37.6 Å². The normalized spacial score (nSPS) is 11.3. The van der Waals surface area contributed by atoms with E-state index >= 15 is 0 Å². The average Bonchev–Trinajstić information content (AvgIpc) is 2.36. The van der Waals surface area contributed by atoms with Crippen LogP contribution in [0.4, 0.5) is 0 Å². The molecular formula is C14H19Cl2NO. The van der Waals surface area contributed by atoms with Gasteiger partial charge in [0.15, 0.2) is 0 Å². The maximum absolute atomic E-state index is 12.0. The van der Waals surface area contributed by atoms with Gasteiger partial charge in [-0.25, -0.2) is 0 Å². The second-order valence-electron chi connectivity index (χ2n) is 4.48. The molecule has 4 heteroatoms. The fraction of sp³-hybridized carbons (Fsp3) is 0.500. The molecule has 0 saturated heterocycles. The third-order valence-electron chi connectivity index (χ3n) is 3.27. The van der Waals surface area contributed by atoms with Gasteiger partial charge in [-0.3, -0.25) is 4.79 Å². The highest BCUT2D eigenvalue weighted by atomic mass is 35.5. The van der Waals surface area contributed by atoms with Crippen LogP contribution in [0.1, 0.15) is 32.3 Å². The number of carbonyl (C=O) groups excluding carboxylic acids is 1. The van der Waals surface area contributed by atoms with Crippen molar-refractivity contribution in [1.29, 1.82) is 0 Å². The lowest BCUT2D eigenvalue weighted by molar-refractivity contribution is -0.122. The summed E-state index contributed by atoms with van der Waals surface area (Å²) in [5.41, 5.74) is 0.618. The first-order valence-electron chi connectivity index (χ1n) is 6.16. The topological polar surface area (TPSA) is 29.1 Å². The maximum atomic E-state index is 12.0. The largest absolute Gasteiger partial charge is 0.349 e. The Morgan fingerprint density at radius 3 is 2.50 bits per heavy atom. The molecule has 0 bridgehead atoms. The lowest BCUT2D eigenvalue weighted by Crippen LogP contribution is -2.49. The summed E-state index contributed by atoms with van der Waals surface area (Å²) in [6.07, 6.45) is 1.99. The Balaban J connectivity index is 2.66. The average molecular weight is 288 g/mol. The summed E-state index contributed by atoms with van der Waals surface area (Å²) in [5.74, 6) is 0.419. The smallest absolute Gasteiger partial charge is 0.224 e. The third kappa shape index (κ3) is 4.18. The molecule has 0 aliphatic carbocycles. The zero-order chi connectivity index (χ0) is 13.6. The van der Waals surface area contributed by atoms with Gasteiger partial charge >= 0.3 is 0 Å². The summed E-state index contributed by atoms with van der Waals surface area (Å²) in [6.45, 7) is 4.07. The Hall–Kier alpha value is -0.730. The molecule has 2 nitrogen and oxygen atoms in total. The fourth-order valence-electron chi connectivity index (χ4n) is 1.82. The summed E-state index contributed by atoms with van der Waals surface area (Å²) in [5, 5.41) is 3.68. The summed E-state index contributed by atoms with van der Waals surface area (Å²) >= 11 is 11.9. The molecule has 0 fully saturated rings. The molecule has 1 aromatic rings. The van der Waals surface area contributed by atoms with Crippen LogP contribution < -0.4 is 5.32 Å². The molecule has 1 N–H and O–H groups in total. The van der Waals surface area contributed by atoms with Gasteiger partial charge in [0.2, 0.25) is 5.91 Å². The fourth-order valence-corrected chi connectivity index (χ4v) is 2.48. The highest BCUT2D eigenvalue weighted by molar-refractivity contribution is 6.30. The maximum Gasteiger partial charge on any atom is 0.224 e. The Morgan fingerprint density at radius 1 is 1.33 bits per heavy atom. The minimum absolute atomic E-state index is 0.0124. The third-order valence-corrected chi connectivity index (χ3v) is 4.01. The molecule has 100 valence electrons. The van der Waals surface area contributed by atoms with E-state index in [2.05, 4.69) is 5.32 Å². The van der Waals surface area contributed by atoms with Crippen molar-refractivity contribution in [3.8, 4) is 0 Å². The second kappa shape index (κ2) is 7.01. The summed E-state index contributed by atoms with van der Waals surface area (Å²) in [4.78, 5) is 12.0. The predicted molar refractivity (Wildman–Crippen MR) is 77.3 cm³/mol. The highest BCUT2D eigenvalue weighted by Crippen LogP contribution is 2.18. The van der Waals surface area contributed by atoms with Crippen molar-refractivity contribution < 1.29 is 4.79 Å². The number of benzene rings is 1. The van der Waals surface area contributed by atoms with Crippen LogP contribution in [0.25, 0.3) is 0 Å². The van der Waals surface area contributed by atoms with Crippen LogP contribution in [0.2, 0.25) is 5.02 Å². The summed E-state index contributed by atoms with van der Waals surface area (Å²) in [6, 6.07) is 7.34. The molecule has 1 amide bonds. The van der Waals surface area contributed by atoms with Crippen molar-refractivity contribution in [2.24, 2.45) is 0 Å². The second-order valence-corrected chi connectivity index (χ2v) is 5.18. The van der Waals surface area contributed by atoms with Crippen molar-refractivity contribution in [1.82, 2.24) is 5.32 Å². The van der Waals surface area contributed by atoms with Gasteiger partial charge < -0.3 is 5.32 Å². The first-order valence-corrected chi connectivity index (χ1v) is 7.08. The molecular weight excluding hydrogens is 269 g/mol. The van der Waals surface area contributed by atoms with E-state index in [0.29, 0.717) is 17.3 Å². The van der Waals surface area contributed by atoms with Gasteiger partial charge in [-0.15, -0.1) is 11.6 Å². The Labute approximate surface area is 119 Å². The van der Waals surface area contributed by atoms with Crippen molar-refractivity contribution in [2.75, 3.05) is 5.88 Å². The van der Waals surface area contributed by atoms with Crippen LogP contribution in [0.3, 0.4) is 0 Å². The minimum atomic E-state index is -0.294. The van der Waals surface area contributed by atoms with Gasteiger partial charge in [0.05, 0.1) is 12.0 Å². The van der Waals surface area contributed by atoms with Crippen LogP contribution in [0, 0.1) is 0 Å². The van der Waals surface area contributed by atoms with Gasteiger partial charge in [0.25, 0.3) is 0 Å². The van der Waals surface area contributed by atoms with Crippen LogP contribution >= 0.6 is 23.2 Å². The first kappa shape index (κ1) is 15.3. The zero-order valence-electron chi connectivity index (χ0n) is 10.8. The van der Waals surface area contributed by atoms with E-state index in [-0.39, 0.29) is 11.4 Å². The standard InChI is InChI=1S/C14H19Cl2NO/c1-3-14(4-2,10-15)17-13(18)9-11-6-5-7-12(16)8-11/h5-8H,3-4,9-10H2,1-2H3,(H,17,18). The van der Waals surface area contributed by atoms with E-state index in [1.807, 2.05) is 26.0 Å². The van der Waals surface area contributed by atoms with Gasteiger partial charge in [-0.05, 0) is 30.5 Å². The molecule has 1 rings (SSSR count). The molecule has 0 spiro atoms. The summed E-state index contributed by atoms with van der Waals surface area (Å²) in [7, 11) is 0. The van der Waals surface area contributed by atoms with Gasteiger partial charge in [-0.2, -0.15) is 0 Å². The van der Waals surface area contributed by atoms with E-state index in [0.717, 1.165) is 18.4 Å². The number of carbonyl (C=O) groups is 1. The molecule has 0 saturated carbocycles. The van der Waals surface area contributed by atoms with Crippen LogP contribution in [0.5, 0.6) is 0 Å². The van der Waals surface area contributed by atoms with Crippen LogP contribution in [-0.2, 0) is 11.2 Å². The van der Waals surface area contributed by atoms with E-state index in [1.54, 1.807) is 12.1 Å². The molecule has 0 aromatic heterocycles. The summed E-state index contributed by atoms with van der Waals surface area (Å²) < 4.78 is 0. The molecule has 0 unspecified atom stereocenters. The molecule has 1 aromatic carbocycles. The van der Waals surface area contributed by atoms with Crippen LogP contribution in [0.15, 0.2) is 24.3 Å². The van der Waals surface area contributed by atoms with Crippen molar-refractivity contribution >= 4 is 29.1 Å². The van der Waals surface area contributed by atoms with Crippen molar-refractivity contribution in [3.05, 3.63) is 34.9 Å².